The molecular formula is C24H20FN3O4S. The van der Waals surface area contributed by atoms with E-state index in [1.54, 1.807) is 25.1 Å². The van der Waals surface area contributed by atoms with Crippen LogP contribution >= 0.6 is 0 Å². The highest BCUT2D eigenvalue weighted by molar-refractivity contribution is 7.91. The van der Waals surface area contributed by atoms with Crippen LogP contribution in [0.3, 0.4) is 0 Å². The maximum Gasteiger partial charge on any atom is 0.252 e. The van der Waals surface area contributed by atoms with Gasteiger partial charge in [0.15, 0.2) is 0 Å². The summed E-state index contributed by atoms with van der Waals surface area (Å²) in [5.74, 6) is -0.706. The van der Waals surface area contributed by atoms with Gasteiger partial charge in [-0.25, -0.2) is 12.8 Å². The Kier molecular flexibility index (Phi) is 5.73. The first-order valence-corrected chi connectivity index (χ1v) is 11.3. The number of hydrogen-bond donors (Lipinski definition) is 2. The monoisotopic (exact) mass is 465 g/mol. The van der Waals surface area contributed by atoms with Gasteiger partial charge < -0.3 is 15.8 Å². The SMILES string of the molecule is COc1ccc(S(=O)(=O)c2cc(C)c3ncc(C(N)=O)c(Nc4cccc(F)c4)c3c2)cc1. The number of halogens is 1. The molecular weight excluding hydrogens is 445 g/mol. The van der Waals surface area contributed by atoms with Crippen molar-refractivity contribution < 1.29 is 22.3 Å². The summed E-state index contributed by atoms with van der Waals surface area (Å²) in [4.78, 5) is 16.5. The average molecular weight is 466 g/mol. The van der Waals surface area contributed by atoms with E-state index in [9.17, 15) is 17.6 Å². The molecule has 3 N–H and O–H groups in total. The lowest BCUT2D eigenvalue weighted by Gasteiger charge is -2.16. The molecule has 4 rings (SSSR count). The summed E-state index contributed by atoms with van der Waals surface area (Å²) in [7, 11) is -2.40. The third-order valence-corrected chi connectivity index (χ3v) is 6.92. The second kappa shape index (κ2) is 8.51. The van der Waals surface area contributed by atoms with Crippen LogP contribution in [0.15, 0.2) is 76.7 Å². The normalized spacial score (nSPS) is 11.4. The van der Waals surface area contributed by atoms with Gasteiger partial charge in [0.2, 0.25) is 9.84 Å². The van der Waals surface area contributed by atoms with Gasteiger partial charge in [-0.1, -0.05) is 6.07 Å². The minimum absolute atomic E-state index is 0.0170. The second-order valence-corrected chi connectivity index (χ2v) is 9.31. The molecule has 33 heavy (non-hydrogen) atoms. The van der Waals surface area contributed by atoms with E-state index >= 15 is 0 Å². The van der Waals surface area contributed by atoms with E-state index in [0.29, 0.717) is 27.9 Å². The summed E-state index contributed by atoms with van der Waals surface area (Å²) in [6.07, 6.45) is 1.32. The lowest BCUT2D eigenvalue weighted by Crippen LogP contribution is -2.14. The lowest BCUT2D eigenvalue weighted by molar-refractivity contribution is 0.100. The van der Waals surface area contributed by atoms with Crippen LogP contribution in [-0.2, 0) is 9.84 Å². The van der Waals surface area contributed by atoms with Gasteiger partial charge in [-0.15, -0.1) is 0 Å². The molecule has 0 unspecified atom stereocenters. The Hall–Kier alpha value is -3.98. The van der Waals surface area contributed by atoms with Crippen LogP contribution in [0.1, 0.15) is 15.9 Å². The highest BCUT2D eigenvalue weighted by Crippen LogP contribution is 2.34. The number of nitrogens with one attached hydrogen (secondary N) is 1. The molecule has 0 aliphatic rings. The predicted octanol–water partition coefficient (Wildman–Crippen LogP) is 4.37. The molecule has 0 saturated heterocycles. The second-order valence-electron chi connectivity index (χ2n) is 7.36. The zero-order chi connectivity index (χ0) is 23.8. The molecule has 0 aliphatic heterocycles. The number of methoxy groups -OCH3 is 1. The van der Waals surface area contributed by atoms with Crippen LogP contribution in [-0.4, -0.2) is 26.4 Å². The number of pyridine rings is 1. The minimum Gasteiger partial charge on any atom is -0.497 e. The predicted molar refractivity (Wildman–Crippen MR) is 123 cm³/mol. The van der Waals surface area contributed by atoms with Crippen molar-refractivity contribution in [2.75, 3.05) is 12.4 Å². The number of nitrogens with two attached hydrogens (primary N) is 1. The maximum absolute atomic E-state index is 13.7. The molecule has 1 aromatic heterocycles. The Morgan fingerprint density at radius 3 is 2.42 bits per heavy atom. The third kappa shape index (κ3) is 4.22. The van der Waals surface area contributed by atoms with Crippen molar-refractivity contribution >= 4 is 38.0 Å². The number of nitrogens with zero attached hydrogens (tertiary/aromatic N) is 1. The highest BCUT2D eigenvalue weighted by Gasteiger charge is 2.22. The first kappa shape index (κ1) is 22.2. The van der Waals surface area contributed by atoms with E-state index in [-0.39, 0.29) is 21.0 Å². The third-order valence-electron chi connectivity index (χ3n) is 5.17. The number of rotatable bonds is 6. The van der Waals surface area contributed by atoms with Crippen LogP contribution in [0.2, 0.25) is 0 Å². The number of fused-ring (bicyclic) bond motifs is 1. The number of ether oxygens (including phenoxy) is 1. The molecule has 1 amide bonds. The van der Waals surface area contributed by atoms with E-state index < -0.39 is 21.6 Å². The standard InChI is InChI=1S/C24H20FN3O4S/c1-14-10-19(33(30,31)18-8-6-17(32-2)7-9-18)12-20-22(14)27-13-21(24(26)29)23(20)28-16-5-3-4-15(25)11-16/h3-13H,1-2H3,(H2,26,29)(H,27,28). The maximum atomic E-state index is 13.7. The molecule has 0 fully saturated rings. The quantitative estimate of drug-likeness (QED) is 0.438. The van der Waals surface area contributed by atoms with Crippen LogP contribution < -0.4 is 15.8 Å². The smallest absolute Gasteiger partial charge is 0.252 e. The molecule has 0 bridgehead atoms. The van der Waals surface area contributed by atoms with Crippen LogP contribution in [0.5, 0.6) is 5.75 Å². The van der Waals surface area contributed by atoms with E-state index in [4.69, 9.17) is 10.5 Å². The number of carbonyl (C=O) groups is 1. The minimum atomic E-state index is -3.89. The van der Waals surface area contributed by atoms with E-state index in [0.717, 1.165) is 0 Å². The molecule has 0 atom stereocenters. The Bertz CT molecular complexity index is 1490. The molecule has 168 valence electrons. The largest absolute Gasteiger partial charge is 0.497 e. The van der Waals surface area contributed by atoms with Gasteiger partial charge in [0.25, 0.3) is 5.91 Å². The topological polar surface area (TPSA) is 111 Å². The van der Waals surface area contributed by atoms with Gasteiger partial charge in [0.1, 0.15) is 11.6 Å². The number of aryl methyl sites for hydroxylation is 1. The Labute approximate surface area is 189 Å². The molecule has 7 nitrogen and oxygen atoms in total. The Morgan fingerprint density at radius 2 is 1.79 bits per heavy atom. The lowest BCUT2D eigenvalue weighted by atomic mass is 10.1. The number of aromatic nitrogens is 1. The number of sulfone groups is 1. The summed E-state index contributed by atoms with van der Waals surface area (Å²) in [5.41, 5.74) is 7.26. The van der Waals surface area contributed by atoms with Gasteiger partial charge in [-0.3, -0.25) is 9.78 Å². The summed E-state index contributed by atoms with van der Waals surface area (Å²) in [5, 5.41) is 3.37. The zero-order valence-electron chi connectivity index (χ0n) is 17.8. The number of hydrogen-bond acceptors (Lipinski definition) is 6. The van der Waals surface area contributed by atoms with Crippen LogP contribution in [0.25, 0.3) is 10.9 Å². The molecule has 0 radical (unpaired) electrons. The van der Waals surface area contributed by atoms with E-state index in [1.165, 1.54) is 55.8 Å². The molecule has 3 aromatic carbocycles. The van der Waals surface area contributed by atoms with Crippen molar-refractivity contribution in [3.05, 3.63) is 83.8 Å². The van der Waals surface area contributed by atoms with Crippen molar-refractivity contribution in [3.8, 4) is 5.75 Å². The number of primary amides is 1. The van der Waals surface area contributed by atoms with Crippen molar-refractivity contribution in [2.24, 2.45) is 5.73 Å². The van der Waals surface area contributed by atoms with Crippen LogP contribution in [0.4, 0.5) is 15.8 Å². The van der Waals surface area contributed by atoms with Gasteiger partial charge >= 0.3 is 0 Å². The van der Waals surface area contributed by atoms with Crippen molar-refractivity contribution in [2.45, 2.75) is 16.7 Å². The first-order valence-electron chi connectivity index (χ1n) is 9.85. The van der Waals surface area contributed by atoms with E-state index in [2.05, 4.69) is 10.3 Å². The molecule has 9 heteroatoms. The highest BCUT2D eigenvalue weighted by atomic mass is 32.2. The van der Waals surface area contributed by atoms with Crippen molar-refractivity contribution in [1.29, 1.82) is 0 Å². The summed E-state index contributed by atoms with van der Waals surface area (Å²) in [6, 6.07) is 14.6. The fourth-order valence-corrected chi connectivity index (χ4v) is 4.90. The van der Waals surface area contributed by atoms with Crippen LogP contribution in [0, 0.1) is 12.7 Å². The average Bonchev–Trinajstić information content (AvgIpc) is 2.79. The Balaban J connectivity index is 1.94. The molecule has 0 saturated carbocycles. The zero-order valence-corrected chi connectivity index (χ0v) is 18.6. The van der Waals surface area contributed by atoms with E-state index in [1.807, 2.05) is 0 Å². The summed E-state index contributed by atoms with van der Waals surface area (Å²) >= 11 is 0. The molecule has 4 aromatic rings. The molecule has 1 heterocycles. The number of benzene rings is 3. The van der Waals surface area contributed by atoms with Gasteiger partial charge in [0.05, 0.1) is 33.7 Å². The fraction of sp³-hybridized carbons (Fsp3) is 0.0833. The number of anilines is 2. The summed E-state index contributed by atoms with van der Waals surface area (Å²) in [6.45, 7) is 1.72. The van der Waals surface area contributed by atoms with Crippen molar-refractivity contribution in [3.63, 3.8) is 0 Å². The fourth-order valence-electron chi connectivity index (χ4n) is 3.53. The Morgan fingerprint density at radius 1 is 1.06 bits per heavy atom. The number of amides is 1. The number of carbonyl (C=O) groups excluding carboxylic acids is 1. The van der Waals surface area contributed by atoms with Crippen molar-refractivity contribution in [1.82, 2.24) is 4.98 Å². The van der Waals surface area contributed by atoms with Gasteiger partial charge in [-0.2, -0.15) is 0 Å². The summed E-state index contributed by atoms with van der Waals surface area (Å²) < 4.78 is 45.5. The molecule has 0 aliphatic carbocycles. The first-order chi connectivity index (χ1) is 15.7. The molecule has 0 spiro atoms. The van der Waals surface area contributed by atoms with Gasteiger partial charge in [0, 0.05) is 17.3 Å². The van der Waals surface area contributed by atoms with Gasteiger partial charge in [-0.05, 0) is 67.1 Å².